The summed E-state index contributed by atoms with van der Waals surface area (Å²) >= 11 is 6.61. The summed E-state index contributed by atoms with van der Waals surface area (Å²) in [6.07, 6.45) is -2.17. The fourth-order valence-electron chi connectivity index (χ4n) is 2.17. The van der Waals surface area contributed by atoms with E-state index in [4.69, 9.17) is 12.2 Å². The number of thiocarbonyl (C=S) groups is 1. The number of hydrogen-bond acceptors (Lipinski definition) is 3. The van der Waals surface area contributed by atoms with Gasteiger partial charge in [0.15, 0.2) is 0 Å². The predicted molar refractivity (Wildman–Crippen MR) is 90.5 cm³/mol. The molecule has 0 aromatic heterocycles. The largest absolute Gasteiger partial charge is 0.416 e. The van der Waals surface area contributed by atoms with E-state index in [0.717, 1.165) is 38.1 Å². The van der Waals surface area contributed by atoms with E-state index in [1.54, 1.807) is 6.92 Å². The lowest BCUT2D eigenvalue weighted by Crippen LogP contribution is -2.29. The van der Waals surface area contributed by atoms with Gasteiger partial charge in [0, 0.05) is 18.8 Å². The minimum absolute atomic E-state index is 0.281. The van der Waals surface area contributed by atoms with Crippen LogP contribution in [-0.2, 0) is 11.0 Å². The highest BCUT2D eigenvalue weighted by molar-refractivity contribution is 8.23. The second-order valence-corrected chi connectivity index (χ2v) is 7.26. The standard InChI is InChI=1S/C15H17F3N2OS2/c1-10(23-14(22)20-8-2-3-9-20)13(21)19-12-6-4-11(5-7-12)15(16,17)18/h4-7,10H,2-3,8-9H2,1H3,(H,19,21)/t10-/m0/s1. The fourth-order valence-corrected chi connectivity index (χ4v) is 3.58. The number of likely N-dealkylation sites (tertiary alicyclic amines) is 1. The van der Waals surface area contributed by atoms with E-state index in [1.165, 1.54) is 23.9 Å². The molecule has 1 fully saturated rings. The Labute approximate surface area is 142 Å². The number of alkyl halides is 3. The molecule has 0 unspecified atom stereocenters. The number of amides is 1. The molecule has 1 aromatic carbocycles. The number of thioether (sulfide) groups is 1. The van der Waals surface area contributed by atoms with E-state index in [-0.39, 0.29) is 5.91 Å². The Morgan fingerprint density at radius 1 is 1.26 bits per heavy atom. The second-order valence-electron chi connectivity index (χ2n) is 5.28. The number of nitrogens with zero attached hydrogens (tertiary/aromatic N) is 1. The van der Waals surface area contributed by atoms with Gasteiger partial charge in [-0.3, -0.25) is 4.79 Å². The highest BCUT2D eigenvalue weighted by Crippen LogP contribution is 2.30. The first kappa shape index (κ1) is 18.1. The zero-order chi connectivity index (χ0) is 17.0. The van der Waals surface area contributed by atoms with Crippen LogP contribution in [0, 0.1) is 0 Å². The van der Waals surface area contributed by atoms with Crippen molar-refractivity contribution in [3.05, 3.63) is 29.8 Å². The van der Waals surface area contributed by atoms with Crippen LogP contribution in [0.15, 0.2) is 24.3 Å². The Kier molecular flexibility index (Phi) is 5.91. The van der Waals surface area contributed by atoms with E-state index in [0.29, 0.717) is 10.0 Å². The summed E-state index contributed by atoms with van der Waals surface area (Å²) in [7, 11) is 0. The summed E-state index contributed by atoms with van der Waals surface area (Å²) in [5, 5.41) is 2.20. The van der Waals surface area contributed by atoms with Gasteiger partial charge in [-0.2, -0.15) is 13.2 Å². The third-order valence-corrected chi connectivity index (χ3v) is 5.07. The topological polar surface area (TPSA) is 32.3 Å². The van der Waals surface area contributed by atoms with Crippen LogP contribution in [0.1, 0.15) is 25.3 Å². The van der Waals surface area contributed by atoms with Crippen LogP contribution in [0.5, 0.6) is 0 Å². The van der Waals surface area contributed by atoms with Crippen molar-refractivity contribution in [3.63, 3.8) is 0 Å². The molecule has 0 aliphatic carbocycles. The van der Waals surface area contributed by atoms with Crippen molar-refractivity contribution in [3.8, 4) is 0 Å². The first-order valence-electron chi connectivity index (χ1n) is 7.21. The van der Waals surface area contributed by atoms with E-state index in [2.05, 4.69) is 10.2 Å². The molecule has 0 spiro atoms. The van der Waals surface area contributed by atoms with Gasteiger partial charge in [-0.25, -0.2) is 0 Å². The summed E-state index contributed by atoms with van der Waals surface area (Å²) in [6.45, 7) is 3.56. The third kappa shape index (κ3) is 5.10. The SMILES string of the molecule is C[C@H](SC(=S)N1CCCC1)C(=O)Nc1ccc(C(F)(F)F)cc1. The van der Waals surface area contributed by atoms with Crippen molar-refractivity contribution < 1.29 is 18.0 Å². The Balaban J connectivity index is 1.89. The summed E-state index contributed by atoms with van der Waals surface area (Å²) in [4.78, 5) is 14.2. The summed E-state index contributed by atoms with van der Waals surface area (Å²) in [6, 6.07) is 4.39. The Morgan fingerprint density at radius 3 is 2.35 bits per heavy atom. The smallest absolute Gasteiger partial charge is 0.358 e. The Hall–Kier alpha value is -1.28. The van der Waals surface area contributed by atoms with E-state index >= 15 is 0 Å². The maximum atomic E-state index is 12.5. The lowest BCUT2D eigenvalue weighted by molar-refractivity contribution is -0.137. The van der Waals surface area contributed by atoms with Crippen molar-refractivity contribution in [1.82, 2.24) is 4.90 Å². The number of benzene rings is 1. The molecule has 1 aromatic rings. The fraction of sp³-hybridized carbons (Fsp3) is 0.467. The third-order valence-electron chi connectivity index (χ3n) is 3.49. The molecule has 1 aliphatic heterocycles. The van der Waals surface area contributed by atoms with Gasteiger partial charge in [0.05, 0.1) is 10.8 Å². The van der Waals surface area contributed by atoms with Gasteiger partial charge < -0.3 is 10.2 Å². The Morgan fingerprint density at radius 2 is 1.83 bits per heavy atom. The molecule has 126 valence electrons. The zero-order valence-electron chi connectivity index (χ0n) is 12.5. The maximum Gasteiger partial charge on any atom is 0.416 e. The average Bonchev–Trinajstić information content (AvgIpc) is 3.01. The lowest BCUT2D eigenvalue weighted by atomic mass is 10.2. The van der Waals surface area contributed by atoms with Crippen LogP contribution < -0.4 is 5.32 Å². The number of carbonyl (C=O) groups excluding carboxylic acids is 1. The highest BCUT2D eigenvalue weighted by atomic mass is 32.2. The molecule has 0 radical (unpaired) electrons. The molecule has 8 heteroatoms. The van der Waals surface area contributed by atoms with Crippen LogP contribution >= 0.6 is 24.0 Å². The number of halogens is 3. The lowest BCUT2D eigenvalue weighted by Gasteiger charge is -2.20. The van der Waals surface area contributed by atoms with Crippen LogP contribution in [0.2, 0.25) is 0 Å². The van der Waals surface area contributed by atoms with Crippen molar-refractivity contribution in [2.24, 2.45) is 0 Å². The highest BCUT2D eigenvalue weighted by Gasteiger charge is 2.30. The quantitative estimate of drug-likeness (QED) is 0.819. The van der Waals surface area contributed by atoms with Gasteiger partial charge in [-0.1, -0.05) is 24.0 Å². The first-order chi connectivity index (χ1) is 10.8. The van der Waals surface area contributed by atoms with E-state index in [9.17, 15) is 18.0 Å². The van der Waals surface area contributed by atoms with Gasteiger partial charge in [-0.15, -0.1) is 0 Å². The molecule has 1 N–H and O–H groups in total. The molecular formula is C15H17F3N2OS2. The minimum Gasteiger partial charge on any atom is -0.358 e. The zero-order valence-corrected chi connectivity index (χ0v) is 14.2. The Bertz CT molecular complexity index is 569. The number of rotatable bonds is 3. The number of carbonyl (C=O) groups is 1. The van der Waals surface area contributed by atoms with E-state index in [1.807, 2.05) is 0 Å². The summed E-state index contributed by atoms with van der Waals surface area (Å²) < 4.78 is 38.2. The van der Waals surface area contributed by atoms with Crippen LogP contribution in [0.4, 0.5) is 18.9 Å². The average molecular weight is 362 g/mol. The molecule has 1 amide bonds. The molecule has 2 rings (SSSR count). The first-order valence-corrected chi connectivity index (χ1v) is 8.50. The van der Waals surface area contributed by atoms with Gasteiger partial charge >= 0.3 is 6.18 Å². The van der Waals surface area contributed by atoms with Crippen molar-refractivity contribution >= 4 is 39.9 Å². The molecule has 3 nitrogen and oxygen atoms in total. The van der Waals surface area contributed by atoms with Crippen LogP contribution in [-0.4, -0.2) is 33.5 Å². The number of nitrogens with one attached hydrogen (secondary N) is 1. The molecule has 1 aliphatic rings. The second kappa shape index (κ2) is 7.53. The summed E-state index contributed by atoms with van der Waals surface area (Å²) in [5.74, 6) is -0.281. The van der Waals surface area contributed by atoms with Crippen molar-refractivity contribution in [2.75, 3.05) is 18.4 Å². The number of hydrogen-bond donors (Lipinski definition) is 1. The molecule has 23 heavy (non-hydrogen) atoms. The monoisotopic (exact) mass is 362 g/mol. The molecule has 1 saturated heterocycles. The maximum absolute atomic E-state index is 12.5. The number of anilines is 1. The summed E-state index contributed by atoms with van der Waals surface area (Å²) in [5.41, 5.74) is -0.407. The molecule has 1 heterocycles. The predicted octanol–water partition coefficient (Wildman–Crippen LogP) is 4.15. The van der Waals surface area contributed by atoms with Gasteiger partial charge in [-0.05, 0) is 44.0 Å². The van der Waals surface area contributed by atoms with E-state index < -0.39 is 17.0 Å². The van der Waals surface area contributed by atoms with Gasteiger partial charge in [0.1, 0.15) is 4.32 Å². The van der Waals surface area contributed by atoms with Gasteiger partial charge in [0.2, 0.25) is 5.91 Å². The van der Waals surface area contributed by atoms with Crippen LogP contribution in [0.3, 0.4) is 0 Å². The normalized spacial score (nSPS) is 16.3. The van der Waals surface area contributed by atoms with Crippen molar-refractivity contribution in [1.29, 1.82) is 0 Å². The minimum atomic E-state index is -4.38. The molecule has 0 saturated carbocycles. The molecule has 1 atom stereocenters. The van der Waals surface area contributed by atoms with Gasteiger partial charge in [0.25, 0.3) is 0 Å². The van der Waals surface area contributed by atoms with Crippen LogP contribution in [0.25, 0.3) is 0 Å². The molecular weight excluding hydrogens is 345 g/mol. The van der Waals surface area contributed by atoms with Crippen molar-refractivity contribution in [2.45, 2.75) is 31.2 Å². The molecule has 0 bridgehead atoms.